The summed E-state index contributed by atoms with van der Waals surface area (Å²) >= 11 is 0. The van der Waals surface area contributed by atoms with Crippen molar-refractivity contribution < 1.29 is 19.1 Å². The number of ether oxygens (including phenoxy) is 2. The number of esters is 1. The standard InChI is InChI=1S/C16H19NO4/c1-2-12-10-17(7-8-20-12)15(18)14-9-11-5-3-4-6-13(11)16(19)21-14/h3-6,12,14H,2,7-10H2,1H3. The molecule has 2 heterocycles. The van der Waals surface area contributed by atoms with E-state index in [1.807, 2.05) is 19.1 Å². The van der Waals surface area contributed by atoms with Crippen molar-refractivity contribution in [1.82, 2.24) is 4.90 Å². The Balaban J connectivity index is 1.73. The number of morpholine rings is 1. The minimum absolute atomic E-state index is 0.0780. The summed E-state index contributed by atoms with van der Waals surface area (Å²) in [6, 6.07) is 7.29. The van der Waals surface area contributed by atoms with Crippen LogP contribution in [-0.2, 0) is 20.7 Å². The monoisotopic (exact) mass is 289 g/mol. The number of benzene rings is 1. The van der Waals surface area contributed by atoms with Gasteiger partial charge in [0.05, 0.1) is 18.3 Å². The summed E-state index contributed by atoms with van der Waals surface area (Å²) in [6.45, 7) is 3.72. The maximum atomic E-state index is 12.6. The molecule has 0 aliphatic carbocycles. The number of rotatable bonds is 2. The summed E-state index contributed by atoms with van der Waals surface area (Å²) in [6.07, 6.45) is 0.698. The zero-order chi connectivity index (χ0) is 14.8. The molecule has 2 aliphatic heterocycles. The molecule has 0 bridgehead atoms. The van der Waals surface area contributed by atoms with Crippen molar-refractivity contribution in [2.24, 2.45) is 0 Å². The lowest BCUT2D eigenvalue weighted by atomic mass is 9.98. The molecule has 1 saturated heterocycles. The van der Waals surface area contributed by atoms with Gasteiger partial charge in [0.2, 0.25) is 0 Å². The SMILES string of the molecule is CCC1CN(C(=O)C2Cc3ccccc3C(=O)O2)CCO1. The van der Waals surface area contributed by atoms with E-state index in [-0.39, 0.29) is 12.0 Å². The van der Waals surface area contributed by atoms with Gasteiger partial charge in [0.15, 0.2) is 6.10 Å². The summed E-state index contributed by atoms with van der Waals surface area (Å²) < 4.78 is 10.9. The molecule has 112 valence electrons. The Kier molecular flexibility index (Phi) is 3.92. The summed E-state index contributed by atoms with van der Waals surface area (Å²) in [7, 11) is 0. The Morgan fingerprint density at radius 1 is 1.38 bits per heavy atom. The molecule has 0 N–H and O–H groups in total. The van der Waals surface area contributed by atoms with Crippen LogP contribution in [0.15, 0.2) is 24.3 Å². The highest BCUT2D eigenvalue weighted by atomic mass is 16.5. The summed E-state index contributed by atoms with van der Waals surface area (Å²) in [5.41, 5.74) is 1.45. The van der Waals surface area contributed by atoms with Crippen LogP contribution in [0.5, 0.6) is 0 Å². The highest BCUT2D eigenvalue weighted by molar-refractivity contribution is 5.95. The number of hydrogen-bond acceptors (Lipinski definition) is 4. The third kappa shape index (κ3) is 2.78. The van der Waals surface area contributed by atoms with Gasteiger partial charge in [-0.2, -0.15) is 0 Å². The third-order valence-electron chi connectivity index (χ3n) is 4.07. The van der Waals surface area contributed by atoms with Gasteiger partial charge in [0.1, 0.15) is 0 Å². The average molecular weight is 289 g/mol. The molecule has 0 spiro atoms. The molecule has 1 aromatic carbocycles. The van der Waals surface area contributed by atoms with E-state index >= 15 is 0 Å². The van der Waals surface area contributed by atoms with Crippen LogP contribution in [-0.4, -0.2) is 48.7 Å². The smallest absolute Gasteiger partial charge is 0.339 e. The van der Waals surface area contributed by atoms with Crippen molar-refractivity contribution in [1.29, 1.82) is 0 Å². The Morgan fingerprint density at radius 2 is 2.19 bits per heavy atom. The maximum Gasteiger partial charge on any atom is 0.339 e. The third-order valence-corrected chi connectivity index (χ3v) is 4.07. The number of hydrogen-bond donors (Lipinski definition) is 0. The minimum Gasteiger partial charge on any atom is -0.448 e. The summed E-state index contributed by atoms with van der Waals surface area (Å²) in [5, 5.41) is 0. The maximum absolute atomic E-state index is 12.6. The van der Waals surface area contributed by atoms with E-state index in [9.17, 15) is 9.59 Å². The molecule has 2 aliphatic rings. The van der Waals surface area contributed by atoms with Crippen LogP contribution in [0.4, 0.5) is 0 Å². The van der Waals surface area contributed by atoms with E-state index < -0.39 is 12.1 Å². The number of cyclic esters (lactones) is 1. The van der Waals surface area contributed by atoms with Crippen molar-refractivity contribution in [2.45, 2.75) is 32.0 Å². The first kappa shape index (κ1) is 14.1. The molecular formula is C16H19NO4. The van der Waals surface area contributed by atoms with Crippen LogP contribution >= 0.6 is 0 Å². The number of amides is 1. The number of fused-ring (bicyclic) bond motifs is 1. The van der Waals surface area contributed by atoms with Crippen LogP contribution in [0.25, 0.3) is 0 Å². The lowest BCUT2D eigenvalue weighted by Gasteiger charge is -2.35. The van der Waals surface area contributed by atoms with Gasteiger partial charge in [-0.1, -0.05) is 25.1 Å². The fourth-order valence-corrected chi connectivity index (χ4v) is 2.84. The number of carbonyl (C=O) groups is 2. The van der Waals surface area contributed by atoms with Crippen LogP contribution in [0.1, 0.15) is 29.3 Å². The lowest BCUT2D eigenvalue weighted by Crippen LogP contribution is -2.51. The van der Waals surface area contributed by atoms with Crippen LogP contribution in [0.2, 0.25) is 0 Å². The second-order valence-corrected chi connectivity index (χ2v) is 5.44. The van der Waals surface area contributed by atoms with Crippen molar-refractivity contribution in [2.75, 3.05) is 19.7 Å². The highest BCUT2D eigenvalue weighted by Crippen LogP contribution is 2.22. The Bertz CT molecular complexity index is 557. The van der Waals surface area contributed by atoms with Gasteiger partial charge in [0, 0.05) is 19.5 Å². The van der Waals surface area contributed by atoms with E-state index in [0.29, 0.717) is 31.7 Å². The first-order valence-electron chi connectivity index (χ1n) is 7.38. The molecule has 5 nitrogen and oxygen atoms in total. The van der Waals surface area contributed by atoms with E-state index in [1.165, 1.54) is 0 Å². The van der Waals surface area contributed by atoms with E-state index in [0.717, 1.165) is 12.0 Å². The van der Waals surface area contributed by atoms with Gasteiger partial charge in [-0.3, -0.25) is 4.79 Å². The predicted molar refractivity (Wildman–Crippen MR) is 76.0 cm³/mol. The molecule has 21 heavy (non-hydrogen) atoms. The van der Waals surface area contributed by atoms with E-state index in [2.05, 4.69) is 0 Å². The van der Waals surface area contributed by atoms with E-state index in [4.69, 9.17) is 9.47 Å². The first-order chi connectivity index (χ1) is 10.2. The second kappa shape index (κ2) is 5.85. The predicted octanol–water partition coefficient (Wildman–Crippen LogP) is 1.41. The molecule has 5 heteroatoms. The van der Waals surface area contributed by atoms with Gasteiger partial charge < -0.3 is 14.4 Å². The molecule has 0 saturated carbocycles. The van der Waals surface area contributed by atoms with Crippen LogP contribution in [0.3, 0.4) is 0 Å². The van der Waals surface area contributed by atoms with Gasteiger partial charge in [-0.05, 0) is 18.1 Å². The Hall–Kier alpha value is -1.88. The molecular weight excluding hydrogens is 270 g/mol. The zero-order valence-corrected chi connectivity index (χ0v) is 12.1. The largest absolute Gasteiger partial charge is 0.448 e. The topological polar surface area (TPSA) is 55.8 Å². The van der Waals surface area contributed by atoms with Crippen molar-refractivity contribution in [3.63, 3.8) is 0 Å². The van der Waals surface area contributed by atoms with Crippen molar-refractivity contribution in [3.8, 4) is 0 Å². The molecule has 1 aromatic rings. The van der Waals surface area contributed by atoms with Gasteiger partial charge in [0.25, 0.3) is 5.91 Å². The summed E-state index contributed by atoms with van der Waals surface area (Å²) in [5.74, 6) is -0.518. The van der Waals surface area contributed by atoms with Gasteiger partial charge in [-0.15, -0.1) is 0 Å². The first-order valence-corrected chi connectivity index (χ1v) is 7.38. The molecule has 1 fully saturated rings. The van der Waals surface area contributed by atoms with Crippen LogP contribution < -0.4 is 0 Å². The number of nitrogens with zero attached hydrogens (tertiary/aromatic N) is 1. The average Bonchev–Trinajstić information content (AvgIpc) is 2.54. The molecule has 2 atom stereocenters. The highest BCUT2D eigenvalue weighted by Gasteiger charge is 2.35. The number of carbonyl (C=O) groups excluding carboxylic acids is 2. The van der Waals surface area contributed by atoms with Gasteiger partial charge >= 0.3 is 5.97 Å². The Morgan fingerprint density at radius 3 is 3.00 bits per heavy atom. The lowest BCUT2D eigenvalue weighted by molar-refractivity contribution is -0.148. The molecule has 0 radical (unpaired) electrons. The molecule has 3 rings (SSSR count). The quantitative estimate of drug-likeness (QED) is 0.772. The fraction of sp³-hybridized carbons (Fsp3) is 0.500. The second-order valence-electron chi connectivity index (χ2n) is 5.44. The summed E-state index contributed by atoms with van der Waals surface area (Å²) in [4.78, 5) is 26.3. The minimum atomic E-state index is -0.706. The molecule has 2 unspecified atom stereocenters. The molecule has 0 aromatic heterocycles. The molecule has 1 amide bonds. The normalized spacial score (nSPS) is 25.2. The zero-order valence-electron chi connectivity index (χ0n) is 12.1. The van der Waals surface area contributed by atoms with E-state index in [1.54, 1.807) is 17.0 Å². The van der Waals surface area contributed by atoms with Gasteiger partial charge in [-0.25, -0.2) is 4.79 Å². The fourth-order valence-electron chi connectivity index (χ4n) is 2.84. The Labute approximate surface area is 123 Å². The van der Waals surface area contributed by atoms with Crippen LogP contribution in [0, 0.1) is 0 Å². The van der Waals surface area contributed by atoms with Crippen molar-refractivity contribution >= 4 is 11.9 Å². The van der Waals surface area contributed by atoms with Crippen molar-refractivity contribution in [3.05, 3.63) is 35.4 Å².